The van der Waals surface area contributed by atoms with Gasteiger partial charge in [-0.3, -0.25) is 0 Å². The van der Waals surface area contributed by atoms with Gasteiger partial charge in [0.15, 0.2) is 0 Å². The quantitative estimate of drug-likeness (QED) is 0.168. The first-order valence-corrected chi connectivity index (χ1v) is 17.8. The molecule has 0 N–H and O–H groups in total. The highest BCUT2D eigenvalue weighted by molar-refractivity contribution is 7.08. The van der Waals surface area contributed by atoms with Crippen LogP contribution in [0.25, 0.3) is 88.6 Å². The van der Waals surface area contributed by atoms with Gasteiger partial charge >= 0.3 is 0 Å². The zero-order valence-electron chi connectivity index (χ0n) is 25.9. The Morgan fingerprint density at radius 3 is 1.31 bits per heavy atom. The number of thiazole rings is 2. The molecule has 0 aliphatic rings. The van der Waals surface area contributed by atoms with Crippen molar-refractivity contribution < 1.29 is 0 Å². The Labute approximate surface area is 287 Å². The summed E-state index contributed by atoms with van der Waals surface area (Å²) in [6.07, 6.45) is 0. The van der Waals surface area contributed by atoms with Crippen LogP contribution < -0.4 is 0 Å². The van der Waals surface area contributed by atoms with E-state index in [2.05, 4.69) is 166 Å². The molecule has 0 amide bonds. The highest BCUT2D eigenvalue weighted by Gasteiger charge is 2.19. The Hall–Kier alpha value is -5.68. The largest absolute Gasteiger partial charge is 0.245 e. The Morgan fingerprint density at radius 2 is 0.771 bits per heavy atom. The molecule has 0 unspecified atom stereocenters. The summed E-state index contributed by atoms with van der Waals surface area (Å²) in [7, 11) is 0. The predicted molar refractivity (Wildman–Crippen MR) is 205 cm³/mol. The molecule has 7 aromatic carbocycles. The zero-order valence-corrected chi connectivity index (χ0v) is 27.5. The Morgan fingerprint density at radius 1 is 0.333 bits per heavy atom. The maximum Gasteiger partial charge on any atom is 0.0811 e. The Balaban J connectivity index is 1.31. The fourth-order valence-electron chi connectivity index (χ4n) is 6.90. The first-order valence-electron chi connectivity index (χ1n) is 15.9. The van der Waals surface area contributed by atoms with Crippen molar-refractivity contribution in [3.05, 3.63) is 167 Å². The summed E-state index contributed by atoms with van der Waals surface area (Å²) in [5.74, 6) is 0. The van der Waals surface area contributed by atoms with Crippen molar-refractivity contribution in [3.63, 3.8) is 0 Å². The van der Waals surface area contributed by atoms with E-state index in [1.807, 2.05) is 11.0 Å². The van der Waals surface area contributed by atoms with Gasteiger partial charge in [-0.2, -0.15) is 0 Å². The van der Waals surface area contributed by atoms with Gasteiger partial charge in [0, 0.05) is 21.9 Å². The number of benzene rings is 7. The van der Waals surface area contributed by atoms with Crippen molar-refractivity contribution >= 4 is 44.2 Å². The number of fused-ring (bicyclic) bond motifs is 2. The molecule has 0 aliphatic heterocycles. The van der Waals surface area contributed by atoms with Crippen LogP contribution in [0.2, 0.25) is 0 Å². The van der Waals surface area contributed by atoms with Crippen LogP contribution in [-0.4, -0.2) is 9.97 Å². The summed E-state index contributed by atoms with van der Waals surface area (Å²) in [6.45, 7) is 0. The number of hydrogen-bond acceptors (Lipinski definition) is 4. The van der Waals surface area contributed by atoms with Crippen LogP contribution in [0.5, 0.6) is 0 Å². The van der Waals surface area contributed by atoms with E-state index in [0.29, 0.717) is 0 Å². The lowest BCUT2D eigenvalue weighted by atomic mass is 9.84. The van der Waals surface area contributed by atoms with E-state index in [1.54, 1.807) is 22.7 Å². The van der Waals surface area contributed by atoms with Gasteiger partial charge in [0.25, 0.3) is 0 Å². The molecule has 2 aromatic heterocycles. The third-order valence-corrected chi connectivity index (χ3v) is 10.3. The molecule has 0 spiro atoms. The Bertz CT molecular complexity index is 2520. The lowest BCUT2D eigenvalue weighted by molar-refractivity contribution is 1.41. The molecule has 48 heavy (non-hydrogen) atoms. The SMILES string of the molecule is c1ccc(-c2ccccc2-c2ccc3c(-c4ccc(-c5cscn5)cc4)c4ccccc4c(-c4ccc(-c5cscn5)cc4)c3c2)cc1. The third kappa shape index (κ3) is 5.03. The van der Waals surface area contributed by atoms with Gasteiger partial charge in [-0.05, 0) is 72.1 Å². The van der Waals surface area contributed by atoms with Gasteiger partial charge in [0.1, 0.15) is 0 Å². The van der Waals surface area contributed by atoms with Crippen LogP contribution in [0.4, 0.5) is 0 Å². The fraction of sp³-hybridized carbons (Fsp3) is 0. The molecular weight excluding hydrogens is 621 g/mol. The van der Waals surface area contributed by atoms with Crippen molar-refractivity contribution in [2.24, 2.45) is 0 Å². The highest BCUT2D eigenvalue weighted by atomic mass is 32.1. The summed E-state index contributed by atoms with van der Waals surface area (Å²) in [6, 6.07) is 53.1. The summed E-state index contributed by atoms with van der Waals surface area (Å²) >= 11 is 3.25. The molecule has 0 fully saturated rings. The lowest BCUT2D eigenvalue weighted by Crippen LogP contribution is -1.93. The Kier molecular flexibility index (Phi) is 7.23. The first kappa shape index (κ1) is 28.5. The van der Waals surface area contributed by atoms with Gasteiger partial charge in [-0.15, -0.1) is 22.7 Å². The summed E-state index contributed by atoms with van der Waals surface area (Å²) < 4.78 is 0. The predicted octanol–water partition coefficient (Wildman–Crippen LogP) is 12.9. The minimum Gasteiger partial charge on any atom is -0.245 e. The van der Waals surface area contributed by atoms with Gasteiger partial charge in [-0.25, -0.2) is 9.97 Å². The molecule has 0 atom stereocenters. The van der Waals surface area contributed by atoms with Crippen LogP contribution >= 0.6 is 22.7 Å². The van der Waals surface area contributed by atoms with Crippen molar-refractivity contribution in [2.75, 3.05) is 0 Å². The van der Waals surface area contributed by atoms with Crippen LogP contribution in [0.15, 0.2) is 167 Å². The molecule has 2 nitrogen and oxygen atoms in total. The van der Waals surface area contributed by atoms with Crippen molar-refractivity contribution in [1.82, 2.24) is 9.97 Å². The van der Waals surface area contributed by atoms with Crippen molar-refractivity contribution in [2.45, 2.75) is 0 Å². The molecule has 0 aliphatic carbocycles. The normalized spacial score (nSPS) is 11.3. The molecule has 226 valence electrons. The zero-order chi connectivity index (χ0) is 31.9. The standard InChI is InChI=1S/C44H28N2S2/c1-2-8-29(9-3-1)35-10-4-5-11-36(35)34-22-23-39-40(24-34)44(33-20-16-31(17-21-33)42-26-48-28-46-42)38-13-7-6-12-37(38)43(39)32-18-14-30(15-19-32)41-25-47-27-45-41/h1-28H. The maximum absolute atomic E-state index is 4.55. The molecule has 9 aromatic rings. The van der Waals surface area contributed by atoms with Crippen molar-refractivity contribution in [3.8, 4) is 67.0 Å². The van der Waals surface area contributed by atoms with Crippen molar-refractivity contribution in [1.29, 1.82) is 0 Å². The summed E-state index contributed by atoms with van der Waals surface area (Å²) in [4.78, 5) is 9.09. The average Bonchev–Trinajstić information content (AvgIpc) is 3.91. The molecular formula is C44H28N2S2. The van der Waals surface area contributed by atoms with Crippen LogP contribution in [0.1, 0.15) is 0 Å². The minimum atomic E-state index is 1.01. The molecule has 0 saturated heterocycles. The molecule has 0 saturated carbocycles. The van der Waals surface area contributed by atoms with Gasteiger partial charge in [-0.1, -0.05) is 140 Å². The fourth-order valence-corrected chi connectivity index (χ4v) is 8.02. The number of hydrogen-bond donors (Lipinski definition) is 0. The first-order chi connectivity index (χ1) is 23.8. The highest BCUT2D eigenvalue weighted by Crippen LogP contribution is 2.46. The van der Waals surface area contributed by atoms with Gasteiger partial charge in [0.2, 0.25) is 0 Å². The smallest absolute Gasteiger partial charge is 0.0811 e. The van der Waals surface area contributed by atoms with E-state index in [-0.39, 0.29) is 0 Å². The maximum atomic E-state index is 4.55. The number of aromatic nitrogens is 2. The molecule has 0 radical (unpaired) electrons. The topological polar surface area (TPSA) is 25.8 Å². The second-order valence-corrected chi connectivity index (χ2v) is 13.3. The molecule has 2 heterocycles. The number of nitrogens with zero attached hydrogens (tertiary/aromatic N) is 2. The molecule has 0 bridgehead atoms. The summed E-state index contributed by atoms with van der Waals surface area (Å²) in [5, 5.41) is 9.14. The minimum absolute atomic E-state index is 1.01. The molecule has 9 rings (SSSR count). The van der Waals surface area contributed by atoms with E-state index >= 15 is 0 Å². The lowest BCUT2D eigenvalue weighted by Gasteiger charge is -2.19. The van der Waals surface area contributed by atoms with E-state index in [1.165, 1.54) is 66.1 Å². The summed E-state index contributed by atoms with van der Waals surface area (Å²) in [5.41, 5.74) is 17.8. The number of rotatable bonds is 6. The van der Waals surface area contributed by atoms with Gasteiger partial charge in [0.05, 0.1) is 22.4 Å². The van der Waals surface area contributed by atoms with Crippen LogP contribution in [0.3, 0.4) is 0 Å². The second kappa shape index (κ2) is 12.2. The third-order valence-electron chi connectivity index (χ3n) is 9.15. The van der Waals surface area contributed by atoms with Gasteiger partial charge < -0.3 is 0 Å². The van der Waals surface area contributed by atoms with E-state index in [0.717, 1.165) is 22.5 Å². The van der Waals surface area contributed by atoms with E-state index in [9.17, 15) is 0 Å². The van der Waals surface area contributed by atoms with E-state index < -0.39 is 0 Å². The average molecular weight is 649 g/mol. The monoisotopic (exact) mass is 648 g/mol. The van der Waals surface area contributed by atoms with Crippen LogP contribution in [0, 0.1) is 0 Å². The van der Waals surface area contributed by atoms with Crippen LogP contribution in [-0.2, 0) is 0 Å². The second-order valence-electron chi connectivity index (χ2n) is 11.9. The van der Waals surface area contributed by atoms with E-state index in [4.69, 9.17) is 0 Å². The molecule has 4 heteroatoms.